The highest BCUT2D eigenvalue weighted by atomic mass is 19.4. The lowest BCUT2D eigenvalue weighted by atomic mass is 9.93. The van der Waals surface area contributed by atoms with E-state index in [0.717, 1.165) is 0 Å². The Bertz CT molecular complexity index is 334. The van der Waals surface area contributed by atoms with Crippen molar-refractivity contribution in [2.45, 2.75) is 42.7 Å². The summed E-state index contributed by atoms with van der Waals surface area (Å²) in [5, 5.41) is 0. The molecule has 0 heterocycles. The molecule has 0 aromatic carbocycles. The van der Waals surface area contributed by atoms with Crippen molar-refractivity contribution in [2.75, 3.05) is 0 Å². The summed E-state index contributed by atoms with van der Waals surface area (Å²) in [6, 6.07) is 0. The first kappa shape index (κ1) is 20.1. The quantitative estimate of drug-likeness (QED) is 0.597. The fourth-order valence-corrected chi connectivity index (χ4v) is 0.972. The SMILES string of the molecule is CC(F)C(F)(F)C(F)(F)C(F)(F)C(F)(F)C(F)(F)[C](F)F. The van der Waals surface area contributed by atoms with Gasteiger partial charge in [-0.2, -0.15) is 52.7 Å². The molecule has 0 aromatic heterocycles. The lowest BCUT2D eigenvalue weighted by Gasteiger charge is -2.39. The molecule has 0 saturated carbocycles. The van der Waals surface area contributed by atoms with Gasteiger partial charge in [-0.05, 0) is 6.92 Å². The van der Waals surface area contributed by atoms with Crippen LogP contribution in [0.1, 0.15) is 6.92 Å². The fraction of sp³-hybridized carbons (Fsp3) is 0.875. The number of halogens is 13. The smallest absolute Gasteiger partial charge is 0.241 e. The van der Waals surface area contributed by atoms with Gasteiger partial charge in [0.15, 0.2) is 6.17 Å². The summed E-state index contributed by atoms with van der Waals surface area (Å²) in [5.74, 6) is -36.3. The van der Waals surface area contributed by atoms with Crippen LogP contribution < -0.4 is 0 Å². The van der Waals surface area contributed by atoms with Gasteiger partial charge in [0.25, 0.3) is 0 Å². The summed E-state index contributed by atoms with van der Waals surface area (Å²) in [5.41, 5.74) is 0. The van der Waals surface area contributed by atoms with Gasteiger partial charge in [0.2, 0.25) is 0 Å². The number of hydrogen-bond acceptors (Lipinski definition) is 0. The molecule has 0 aromatic rings. The van der Waals surface area contributed by atoms with Crippen molar-refractivity contribution in [2.24, 2.45) is 0 Å². The lowest BCUT2D eigenvalue weighted by molar-refractivity contribution is -0.409. The van der Waals surface area contributed by atoms with Crippen LogP contribution in [-0.4, -0.2) is 35.8 Å². The second-order valence-electron chi connectivity index (χ2n) is 3.80. The summed E-state index contributed by atoms with van der Waals surface area (Å²) < 4.78 is 161. The topological polar surface area (TPSA) is 0 Å². The van der Waals surface area contributed by atoms with E-state index in [9.17, 15) is 57.1 Å². The molecule has 0 aliphatic rings. The molecule has 0 amide bonds. The van der Waals surface area contributed by atoms with Gasteiger partial charge < -0.3 is 0 Å². The molecule has 1 radical (unpaired) electrons. The third kappa shape index (κ3) is 2.51. The van der Waals surface area contributed by atoms with E-state index in [4.69, 9.17) is 0 Å². The molecule has 0 saturated heterocycles. The van der Waals surface area contributed by atoms with Crippen LogP contribution in [0.3, 0.4) is 0 Å². The zero-order valence-electron chi connectivity index (χ0n) is 9.49. The van der Waals surface area contributed by atoms with Crippen LogP contribution in [0.15, 0.2) is 0 Å². The minimum Gasteiger partial charge on any atom is -0.241 e. The molecule has 13 heteroatoms. The van der Waals surface area contributed by atoms with Crippen LogP contribution in [0.5, 0.6) is 0 Å². The molecule has 0 aliphatic heterocycles. The van der Waals surface area contributed by atoms with Gasteiger partial charge in [-0.25, -0.2) is 4.39 Å². The van der Waals surface area contributed by atoms with E-state index >= 15 is 0 Å². The van der Waals surface area contributed by atoms with Crippen LogP contribution in [0.2, 0.25) is 0 Å². The van der Waals surface area contributed by atoms with Crippen LogP contribution in [0, 0.1) is 6.43 Å². The minimum absolute atomic E-state index is 0.442. The van der Waals surface area contributed by atoms with E-state index in [-0.39, 0.29) is 0 Å². The maximum atomic E-state index is 12.7. The molecule has 0 aliphatic carbocycles. The Morgan fingerprint density at radius 3 is 1.24 bits per heavy atom. The first-order valence-electron chi connectivity index (χ1n) is 4.60. The van der Waals surface area contributed by atoms with Gasteiger partial charge >= 0.3 is 36.0 Å². The zero-order valence-corrected chi connectivity index (χ0v) is 9.49. The Hall–Kier alpha value is -0.910. The highest BCUT2D eigenvalue weighted by molar-refractivity contribution is 5.12. The molecule has 127 valence electrons. The predicted molar refractivity (Wildman–Crippen MR) is 40.8 cm³/mol. The second kappa shape index (κ2) is 5.07. The van der Waals surface area contributed by atoms with E-state index in [2.05, 4.69) is 0 Å². The zero-order chi connectivity index (χ0) is 17.7. The summed E-state index contributed by atoms with van der Waals surface area (Å²) in [6.45, 7) is -0.442. The predicted octanol–water partition coefficient (Wildman–Crippen LogP) is 4.95. The van der Waals surface area contributed by atoms with E-state index < -0.39 is 49.1 Å². The van der Waals surface area contributed by atoms with Crippen molar-refractivity contribution < 1.29 is 57.1 Å². The largest absolute Gasteiger partial charge is 0.385 e. The molecule has 1 atom stereocenters. The van der Waals surface area contributed by atoms with Gasteiger partial charge in [0.1, 0.15) is 0 Å². The van der Waals surface area contributed by atoms with Gasteiger partial charge in [-0.3, -0.25) is 0 Å². The Morgan fingerprint density at radius 1 is 0.667 bits per heavy atom. The normalized spacial score (nSPS) is 17.3. The molecule has 0 bridgehead atoms. The van der Waals surface area contributed by atoms with Crippen LogP contribution in [-0.2, 0) is 0 Å². The van der Waals surface area contributed by atoms with Crippen molar-refractivity contribution in [1.82, 2.24) is 0 Å². The van der Waals surface area contributed by atoms with Crippen molar-refractivity contribution in [3.05, 3.63) is 6.43 Å². The van der Waals surface area contributed by atoms with E-state index in [1.54, 1.807) is 0 Å². The summed E-state index contributed by atoms with van der Waals surface area (Å²) in [7, 11) is 0. The van der Waals surface area contributed by atoms with E-state index in [1.165, 1.54) is 0 Å². The lowest BCUT2D eigenvalue weighted by Crippen LogP contribution is -2.69. The first-order valence-corrected chi connectivity index (χ1v) is 4.60. The third-order valence-electron chi connectivity index (χ3n) is 2.34. The van der Waals surface area contributed by atoms with Crippen LogP contribution >= 0.6 is 0 Å². The molecule has 0 nitrogen and oxygen atoms in total. The summed E-state index contributed by atoms with van der Waals surface area (Å²) >= 11 is 0. The Balaban J connectivity index is 6.09. The number of alkyl halides is 11. The molecule has 0 N–H and O–H groups in total. The first-order chi connectivity index (χ1) is 8.89. The molecule has 0 spiro atoms. The average molecular weight is 347 g/mol. The van der Waals surface area contributed by atoms with E-state index in [0.29, 0.717) is 0 Å². The standard InChI is InChI=1S/C8H4F13/c1-2(9)4(12,13)6(16,17)8(20,21)7(18,19)5(14,15)3(10)11/h2H,1H3. The Morgan fingerprint density at radius 2 is 1.00 bits per heavy atom. The van der Waals surface area contributed by atoms with Crippen LogP contribution in [0.4, 0.5) is 57.1 Å². The van der Waals surface area contributed by atoms with Crippen molar-refractivity contribution in [3.63, 3.8) is 0 Å². The Kier molecular flexibility index (Phi) is 4.85. The third-order valence-corrected chi connectivity index (χ3v) is 2.34. The van der Waals surface area contributed by atoms with Crippen molar-refractivity contribution >= 4 is 0 Å². The minimum atomic E-state index is -7.68. The second-order valence-corrected chi connectivity index (χ2v) is 3.80. The fourth-order valence-electron chi connectivity index (χ4n) is 0.972. The van der Waals surface area contributed by atoms with E-state index in [1.807, 2.05) is 0 Å². The molecular weight excluding hydrogens is 343 g/mol. The average Bonchev–Trinajstić information content (AvgIpc) is 2.27. The van der Waals surface area contributed by atoms with Crippen molar-refractivity contribution in [1.29, 1.82) is 0 Å². The molecule has 21 heavy (non-hydrogen) atoms. The maximum absolute atomic E-state index is 12.7. The Labute approximate surface area is 107 Å². The van der Waals surface area contributed by atoms with Gasteiger partial charge in [0.05, 0.1) is 0 Å². The van der Waals surface area contributed by atoms with Crippen LogP contribution in [0.25, 0.3) is 0 Å². The molecule has 0 fully saturated rings. The highest BCUT2D eigenvalue weighted by Gasteiger charge is 2.88. The summed E-state index contributed by atoms with van der Waals surface area (Å²) in [4.78, 5) is 0. The molecule has 0 rings (SSSR count). The highest BCUT2D eigenvalue weighted by Crippen LogP contribution is 2.59. The monoisotopic (exact) mass is 347 g/mol. The number of hydrogen-bond donors (Lipinski definition) is 0. The van der Waals surface area contributed by atoms with Gasteiger partial charge in [-0.15, -0.1) is 0 Å². The molecule has 1 unspecified atom stereocenters. The van der Waals surface area contributed by atoms with Gasteiger partial charge in [-0.1, -0.05) is 0 Å². The summed E-state index contributed by atoms with van der Waals surface area (Å²) in [6.07, 6.45) is -8.87. The number of rotatable bonds is 6. The molecular formula is C8H4F13. The maximum Gasteiger partial charge on any atom is 0.385 e. The van der Waals surface area contributed by atoms with Crippen molar-refractivity contribution in [3.8, 4) is 0 Å². The van der Waals surface area contributed by atoms with Gasteiger partial charge in [0, 0.05) is 0 Å².